The summed E-state index contributed by atoms with van der Waals surface area (Å²) in [4.78, 5) is 24.4. The van der Waals surface area contributed by atoms with Crippen molar-refractivity contribution in [3.05, 3.63) is 30.1 Å². The summed E-state index contributed by atoms with van der Waals surface area (Å²) in [6.45, 7) is -0.295. The molecule has 1 spiro atoms. The zero-order chi connectivity index (χ0) is 18.1. The van der Waals surface area contributed by atoms with E-state index < -0.39 is 5.91 Å². The van der Waals surface area contributed by atoms with Gasteiger partial charge in [-0.3, -0.25) is 9.59 Å². The maximum absolute atomic E-state index is 12.9. The van der Waals surface area contributed by atoms with E-state index in [0.717, 1.165) is 12.8 Å². The van der Waals surface area contributed by atoms with Crippen LogP contribution in [0.25, 0.3) is 0 Å². The molecule has 4 rings (SSSR count). The molecule has 4 nitrogen and oxygen atoms in total. The first-order valence-corrected chi connectivity index (χ1v) is 11.0. The lowest BCUT2D eigenvalue weighted by Gasteiger charge is -2.41. The van der Waals surface area contributed by atoms with Crippen LogP contribution in [0.1, 0.15) is 25.7 Å². The van der Waals surface area contributed by atoms with E-state index in [4.69, 9.17) is 4.74 Å². The minimum absolute atomic E-state index is 0.0847. The Hall–Kier alpha value is -1.21. The summed E-state index contributed by atoms with van der Waals surface area (Å²) in [5.74, 6) is 2.51. The van der Waals surface area contributed by atoms with Gasteiger partial charge in [-0.25, -0.2) is 4.39 Å². The third-order valence-corrected chi connectivity index (χ3v) is 9.70. The molecular weight excluding hydrogens is 373 g/mol. The molecule has 26 heavy (non-hydrogen) atoms. The largest absolute Gasteiger partial charge is 0.455 e. The third kappa shape index (κ3) is 3.48. The molecule has 0 aromatic heterocycles. The molecule has 2 bridgehead atoms. The zero-order valence-electron chi connectivity index (χ0n) is 14.4. The van der Waals surface area contributed by atoms with Crippen LogP contribution in [0.2, 0.25) is 0 Å². The van der Waals surface area contributed by atoms with Crippen molar-refractivity contribution in [3.63, 3.8) is 0 Å². The lowest BCUT2D eigenvalue weighted by Crippen LogP contribution is -2.40. The Bertz CT molecular complexity index is 675. The van der Waals surface area contributed by atoms with Gasteiger partial charge in [0.05, 0.1) is 10.00 Å². The predicted octanol–water partition coefficient (Wildman–Crippen LogP) is 3.92. The zero-order valence-corrected chi connectivity index (χ0v) is 16.0. The molecule has 0 radical (unpaired) electrons. The molecule has 7 heteroatoms. The first-order valence-electron chi connectivity index (χ1n) is 9.07. The van der Waals surface area contributed by atoms with E-state index in [1.54, 1.807) is 0 Å². The summed E-state index contributed by atoms with van der Waals surface area (Å²) in [6, 6.07) is 5.50. The Morgan fingerprint density at radius 2 is 1.73 bits per heavy atom. The van der Waals surface area contributed by atoms with Gasteiger partial charge in [-0.1, -0.05) is 0 Å². The number of ether oxygens (including phenoxy) is 1. The number of benzene rings is 1. The molecule has 3 fully saturated rings. The minimum atomic E-state index is -0.401. The first kappa shape index (κ1) is 18.2. The van der Waals surface area contributed by atoms with Crippen LogP contribution < -0.4 is 5.32 Å². The molecule has 1 N–H and O–H groups in total. The van der Waals surface area contributed by atoms with Crippen LogP contribution in [0.5, 0.6) is 0 Å². The van der Waals surface area contributed by atoms with Crippen molar-refractivity contribution in [1.29, 1.82) is 0 Å². The highest BCUT2D eigenvalue weighted by atomic mass is 32.2. The molecule has 1 aliphatic heterocycles. The van der Waals surface area contributed by atoms with E-state index in [9.17, 15) is 14.0 Å². The second-order valence-electron chi connectivity index (χ2n) is 7.22. The fourth-order valence-electron chi connectivity index (χ4n) is 4.58. The number of hydrogen-bond donors (Lipinski definition) is 1. The molecule has 2 aliphatic carbocycles. The van der Waals surface area contributed by atoms with Gasteiger partial charge < -0.3 is 10.1 Å². The number of carbonyl (C=O) groups is 2. The van der Waals surface area contributed by atoms with Gasteiger partial charge in [0.2, 0.25) is 0 Å². The quantitative estimate of drug-likeness (QED) is 0.783. The van der Waals surface area contributed by atoms with Crippen LogP contribution in [-0.2, 0) is 14.3 Å². The summed E-state index contributed by atoms with van der Waals surface area (Å²) in [5.41, 5.74) is 0.486. The van der Waals surface area contributed by atoms with Crippen molar-refractivity contribution in [3.8, 4) is 0 Å². The van der Waals surface area contributed by atoms with E-state index in [2.05, 4.69) is 28.8 Å². The van der Waals surface area contributed by atoms with Crippen LogP contribution in [-0.4, -0.2) is 34.1 Å². The molecule has 1 aromatic carbocycles. The maximum Gasteiger partial charge on any atom is 0.309 e. The van der Waals surface area contributed by atoms with Crippen LogP contribution in [0.15, 0.2) is 24.3 Å². The number of carbonyl (C=O) groups excluding carboxylic acids is 2. The Labute approximate surface area is 161 Å². The number of thioether (sulfide) groups is 2. The number of hydrogen-bond acceptors (Lipinski definition) is 5. The highest BCUT2D eigenvalue weighted by Crippen LogP contribution is 2.65. The van der Waals surface area contributed by atoms with Gasteiger partial charge in [-0.2, -0.15) is 0 Å². The SMILES string of the molecule is O=C(COC(=O)C1C[C@H]2CC[C@@H](C1)C21SCCS1)Nc1ccc(F)cc1. The number of rotatable bonds is 4. The van der Waals surface area contributed by atoms with Crippen molar-refractivity contribution in [2.45, 2.75) is 29.8 Å². The third-order valence-electron chi connectivity index (χ3n) is 5.69. The Kier molecular flexibility index (Phi) is 5.19. The fourth-order valence-corrected chi connectivity index (χ4v) is 8.52. The van der Waals surface area contributed by atoms with Crippen LogP contribution in [0, 0.1) is 23.6 Å². The summed E-state index contributed by atoms with van der Waals surface area (Å²) in [7, 11) is 0. The van der Waals surface area contributed by atoms with Gasteiger partial charge in [0.1, 0.15) is 5.82 Å². The normalized spacial score (nSPS) is 28.9. The fraction of sp³-hybridized carbons (Fsp3) is 0.579. The van der Waals surface area contributed by atoms with Crippen molar-refractivity contribution >= 4 is 41.1 Å². The van der Waals surface area contributed by atoms with E-state index in [1.807, 2.05) is 0 Å². The van der Waals surface area contributed by atoms with Gasteiger partial charge in [-0.05, 0) is 61.8 Å². The average molecular weight is 396 g/mol. The van der Waals surface area contributed by atoms with E-state index in [0.29, 0.717) is 21.6 Å². The van der Waals surface area contributed by atoms with Gasteiger partial charge >= 0.3 is 5.97 Å². The number of amides is 1. The van der Waals surface area contributed by atoms with Gasteiger partial charge in [0, 0.05) is 17.2 Å². The molecule has 1 saturated heterocycles. The van der Waals surface area contributed by atoms with E-state index >= 15 is 0 Å². The van der Waals surface area contributed by atoms with Crippen LogP contribution in [0.4, 0.5) is 10.1 Å². The maximum atomic E-state index is 12.9. The summed E-state index contributed by atoms with van der Waals surface area (Å²) >= 11 is 4.20. The molecule has 1 unspecified atom stereocenters. The summed E-state index contributed by atoms with van der Waals surface area (Å²) in [5, 5.41) is 2.61. The van der Waals surface area contributed by atoms with E-state index in [1.165, 1.54) is 48.6 Å². The van der Waals surface area contributed by atoms with Crippen molar-refractivity contribution in [2.24, 2.45) is 17.8 Å². The summed E-state index contributed by atoms with van der Waals surface area (Å²) in [6.07, 6.45) is 4.18. The smallest absolute Gasteiger partial charge is 0.309 e. The monoisotopic (exact) mass is 395 g/mol. The van der Waals surface area contributed by atoms with Crippen LogP contribution in [0.3, 0.4) is 0 Å². The lowest BCUT2D eigenvalue weighted by atomic mass is 9.80. The van der Waals surface area contributed by atoms with Crippen molar-refractivity contribution in [2.75, 3.05) is 23.4 Å². The standard InChI is InChI=1S/C19H22FNO3S2/c20-15-3-5-16(6-4-15)21-17(22)11-24-18(23)12-9-13-1-2-14(10-12)19(13)25-7-8-26-19/h3-6,12-14H,1-2,7-11H2,(H,21,22)/t12?,13-,14+. The molecule has 3 aliphatic rings. The average Bonchev–Trinajstić information content (AvgIpc) is 3.17. The number of halogens is 1. The lowest BCUT2D eigenvalue weighted by molar-refractivity contribution is -0.153. The number of esters is 1. The topological polar surface area (TPSA) is 55.4 Å². The number of nitrogens with one attached hydrogen (secondary N) is 1. The number of anilines is 1. The highest BCUT2D eigenvalue weighted by molar-refractivity contribution is 8.21. The van der Waals surface area contributed by atoms with Gasteiger partial charge in [0.25, 0.3) is 5.91 Å². The molecule has 3 atom stereocenters. The molecular formula is C19H22FNO3S2. The molecule has 1 aromatic rings. The van der Waals surface area contributed by atoms with Crippen LogP contribution >= 0.6 is 23.5 Å². The first-order chi connectivity index (χ1) is 12.6. The minimum Gasteiger partial charge on any atom is -0.455 e. The van der Waals surface area contributed by atoms with E-state index in [-0.39, 0.29) is 24.3 Å². The predicted molar refractivity (Wildman–Crippen MR) is 103 cm³/mol. The second-order valence-corrected chi connectivity index (χ2v) is 10.2. The Morgan fingerprint density at radius 1 is 1.12 bits per heavy atom. The van der Waals surface area contributed by atoms with Crippen molar-refractivity contribution < 1.29 is 18.7 Å². The second kappa shape index (κ2) is 7.43. The Balaban J connectivity index is 1.28. The van der Waals surface area contributed by atoms with Gasteiger partial charge in [-0.15, -0.1) is 23.5 Å². The molecule has 1 amide bonds. The molecule has 2 saturated carbocycles. The molecule has 140 valence electrons. The van der Waals surface area contributed by atoms with Crippen molar-refractivity contribution in [1.82, 2.24) is 0 Å². The Morgan fingerprint density at radius 3 is 2.35 bits per heavy atom. The summed E-state index contributed by atoms with van der Waals surface area (Å²) < 4.78 is 18.5. The molecule has 1 heterocycles. The van der Waals surface area contributed by atoms with Gasteiger partial charge in [0.15, 0.2) is 6.61 Å². The highest BCUT2D eigenvalue weighted by Gasteiger charge is 2.57.